The lowest BCUT2D eigenvalue weighted by Gasteiger charge is -2.40. The van der Waals surface area contributed by atoms with Crippen LogP contribution in [0.5, 0.6) is 0 Å². The quantitative estimate of drug-likeness (QED) is 0.887. The summed E-state index contributed by atoms with van der Waals surface area (Å²) in [6.45, 7) is 12.7. The minimum Gasteiger partial charge on any atom is -0.314 e. The van der Waals surface area contributed by atoms with Crippen molar-refractivity contribution in [1.82, 2.24) is 20.0 Å². The summed E-state index contributed by atoms with van der Waals surface area (Å²) in [7, 11) is 2.23. The molecule has 1 aromatic carbocycles. The van der Waals surface area contributed by atoms with Crippen LogP contribution >= 0.6 is 0 Å². The van der Waals surface area contributed by atoms with Gasteiger partial charge in [-0.1, -0.05) is 31.2 Å². The van der Waals surface area contributed by atoms with Crippen molar-refractivity contribution in [2.45, 2.75) is 19.4 Å². The molecule has 1 N–H and O–H groups in total. The van der Waals surface area contributed by atoms with Gasteiger partial charge in [-0.3, -0.25) is 9.80 Å². The van der Waals surface area contributed by atoms with E-state index in [1.165, 1.54) is 43.9 Å². The van der Waals surface area contributed by atoms with Gasteiger partial charge in [0.2, 0.25) is 0 Å². The number of likely N-dealkylation sites (N-methyl/N-ethyl adjacent to an activating group) is 1. The summed E-state index contributed by atoms with van der Waals surface area (Å²) in [6, 6.07) is 9.89. The minimum absolute atomic E-state index is 0.534. The number of hydrogen-bond acceptors (Lipinski definition) is 4. The van der Waals surface area contributed by atoms with E-state index in [0.29, 0.717) is 6.04 Å². The highest BCUT2D eigenvalue weighted by molar-refractivity contribution is 5.25. The molecule has 2 aliphatic heterocycles. The minimum atomic E-state index is 0.534. The summed E-state index contributed by atoms with van der Waals surface area (Å²) in [5.41, 5.74) is 2.93. The third-order valence-electron chi connectivity index (χ3n) is 5.39. The highest BCUT2D eigenvalue weighted by atomic mass is 15.3. The number of hydrogen-bond donors (Lipinski definition) is 1. The number of nitrogens with one attached hydrogen (secondary N) is 1. The van der Waals surface area contributed by atoms with Gasteiger partial charge in [0.15, 0.2) is 0 Å². The van der Waals surface area contributed by atoms with Gasteiger partial charge in [-0.05, 0) is 24.6 Å². The number of aryl methyl sites for hydroxylation is 1. The summed E-state index contributed by atoms with van der Waals surface area (Å²) in [5, 5.41) is 3.49. The van der Waals surface area contributed by atoms with Crippen LogP contribution in [0, 0.1) is 0 Å². The Morgan fingerprint density at radius 1 is 0.957 bits per heavy atom. The molecule has 0 aliphatic carbocycles. The first-order valence-corrected chi connectivity index (χ1v) is 9.21. The maximum Gasteiger partial charge on any atom is 0.0476 e. The smallest absolute Gasteiger partial charge is 0.0476 e. The molecule has 0 radical (unpaired) electrons. The first-order valence-electron chi connectivity index (χ1n) is 9.21. The van der Waals surface area contributed by atoms with Gasteiger partial charge in [-0.2, -0.15) is 0 Å². The van der Waals surface area contributed by atoms with Crippen molar-refractivity contribution in [2.75, 3.05) is 66.0 Å². The van der Waals surface area contributed by atoms with E-state index in [0.717, 1.165) is 32.6 Å². The summed E-state index contributed by atoms with van der Waals surface area (Å²) in [4.78, 5) is 7.77. The average Bonchev–Trinajstić information content (AvgIpc) is 2.62. The van der Waals surface area contributed by atoms with Crippen molar-refractivity contribution in [3.8, 4) is 0 Å². The SMILES string of the molecule is CCc1ccc(C(CN2CCN(C)CC2)N2CCNCC2)cc1. The van der Waals surface area contributed by atoms with Crippen LogP contribution < -0.4 is 5.32 Å². The zero-order valence-electron chi connectivity index (χ0n) is 14.8. The van der Waals surface area contributed by atoms with Crippen LogP contribution in [0.3, 0.4) is 0 Å². The molecule has 2 aliphatic rings. The maximum atomic E-state index is 3.49. The molecule has 1 aromatic rings. The monoisotopic (exact) mass is 316 g/mol. The van der Waals surface area contributed by atoms with Crippen molar-refractivity contribution in [1.29, 1.82) is 0 Å². The number of piperazine rings is 2. The first kappa shape index (κ1) is 16.9. The van der Waals surface area contributed by atoms with Gasteiger partial charge in [0.25, 0.3) is 0 Å². The molecule has 4 nitrogen and oxygen atoms in total. The molecule has 2 heterocycles. The fourth-order valence-corrected chi connectivity index (χ4v) is 3.68. The highest BCUT2D eigenvalue weighted by Gasteiger charge is 2.25. The van der Waals surface area contributed by atoms with Crippen LogP contribution in [-0.4, -0.2) is 80.7 Å². The van der Waals surface area contributed by atoms with E-state index in [4.69, 9.17) is 0 Å². The zero-order chi connectivity index (χ0) is 16.1. The van der Waals surface area contributed by atoms with Crippen molar-refractivity contribution in [3.05, 3.63) is 35.4 Å². The topological polar surface area (TPSA) is 21.8 Å². The number of rotatable bonds is 5. The Bertz CT molecular complexity index is 459. The van der Waals surface area contributed by atoms with Gasteiger partial charge >= 0.3 is 0 Å². The molecule has 0 aromatic heterocycles. The standard InChI is InChI=1S/C19H32N4/c1-3-17-4-6-18(7-5-17)19(23-10-8-20-9-11-23)16-22-14-12-21(2)13-15-22/h4-7,19-20H,3,8-16H2,1-2H3. The lowest BCUT2D eigenvalue weighted by Crippen LogP contribution is -2.51. The number of nitrogens with zero attached hydrogens (tertiary/aromatic N) is 3. The van der Waals surface area contributed by atoms with Crippen molar-refractivity contribution in [3.63, 3.8) is 0 Å². The van der Waals surface area contributed by atoms with Crippen LogP contribution in [0.2, 0.25) is 0 Å². The summed E-state index contributed by atoms with van der Waals surface area (Å²) in [5.74, 6) is 0. The Morgan fingerprint density at radius 3 is 2.22 bits per heavy atom. The normalized spacial score (nSPS) is 23.0. The Labute approximate surface area is 141 Å². The Morgan fingerprint density at radius 2 is 1.61 bits per heavy atom. The van der Waals surface area contributed by atoms with Crippen molar-refractivity contribution in [2.24, 2.45) is 0 Å². The van der Waals surface area contributed by atoms with E-state index >= 15 is 0 Å². The van der Waals surface area contributed by atoms with Crippen LogP contribution in [0.25, 0.3) is 0 Å². The molecule has 23 heavy (non-hydrogen) atoms. The summed E-state index contributed by atoms with van der Waals surface area (Å²) < 4.78 is 0. The molecular formula is C19H32N4. The molecule has 0 amide bonds. The third kappa shape index (κ3) is 4.54. The molecule has 1 atom stereocenters. The fraction of sp³-hybridized carbons (Fsp3) is 0.684. The Balaban J connectivity index is 1.72. The van der Waals surface area contributed by atoms with Gasteiger partial charge in [-0.15, -0.1) is 0 Å². The molecule has 2 saturated heterocycles. The largest absolute Gasteiger partial charge is 0.314 e. The van der Waals surface area contributed by atoms with Gasteiger partial charge in [0.05, 0.1) is 0 Å². The number of benzene rings is 1. The van der Waals surface area contributed by atoms with E-state index in [2.05, 4.69) is 58.3 Å². The van der Waals surface area contributed by atoms with E-state index in [1.807, 2.05) is 0 Å². The third-order valence-corrected chi connectivity index (χ3v) is 5.39. The predicted molar refractivity (Wildman–Crippen MR) is 96.9 cm³/mol. The lowest BCUT2D eigenvalue weighted by molar-refractivity contribution is 0.0923. The van der Waals surface area contributed by atoms with Crippen molar-refractivity contribution < 1.29 is 0 Å². The maximum absolute atomic E-state index is 3.49. The fourth-order valence-electron chi connectivity index (χ4n) is 3.68. The van der Waals surface area contributed by atoms with Crippen molar-refractivity contribution >= 4 is 0 Å². The molecule has 2 fully saturated rings. The molecule has 4 heteroatoms. The summed E-state index contributed by atoms with van der Waals surface area (Å²) in [6.07, 6.45) is 1.12. The second-order valence-corrected chi connectivity index (χ2v) is 7.00. The van der Waals surface area contributed by atoms with Crippen LogP contribution in [0.15, 0.2) is 24.3 Å². The second-order valence-electron chi connectivity index (χ2n) is 7.00. The van der Waals surface area contributed by atoms with Crippen LogP contribution in [-0.2, 0) is 6.42 Å². The lowest BCUT2D eigenvalue weighted by atomic mass is 10.0. The molecule has 0 saturated carbocycles. The van der Waals surface area contributed by atoms with Crippen LogP contribution in [0.1, 0.15) is 24.1 Å². The van der Waals surface area contributed by atoms with Gasteiger partial charge in [-0.25, -0.2) is 0 Å². The molecule has 128 valence electrons. The molecule has 1 unspecified atom stereocenters. The Kier molecular flexibility index (Phi) is 6.06. The van der Waals surface area contributed by atoms with E-state index in [1.54, 1.807) is 0 Å². The predicted octanol–water partition coefficient (Wildman–Crippen LogP) is 1.44. The van der Waals surface area contributed by atoms with Gasteiger partial charge in [0.1, 0.15) is 0 Å². The van der Waals surface area contributed by atoms with E-state index < -0.39 is 0 Å². The second kappa shape index (κ2) is 8.25. The van der Waals surface area contributed by atoms with Gasteiger partial charge < -0.3 is 10.2 Å². The average molecular weight is 316 g/mol. The molecular weight excluding hydrogens is 284 g/mol. The molecule has 3 rings (SSSR count). The highest BCUT2D eigenvalue weighted by Crippen LogP contribution is 2.23. The zero-order valence-corrected chi connectivity index (χ0v) is 14.8. The van der Waals surface area contributed by atoms with E-state index in [9.17, 15) is 0 Å². The Hall–Kier alpha value is -0.940. The first-order chi connectivity index (χ1) is 11.3. The van der Waals surface area contributed by atoms with Crippen LogP contribution in [0.4, 0.5) is 0 Å². The molecule has 0 bridgehead atoms. The molecule has 0 spiro atoms. The van der Waals surface area contributed by atoms with Gasteiger partial charge in [0, 0.05) is 64.9 Å². The van der Waals surface area contributed by atoms with E-state index in [-0.39, 0.29) is 0 Å². The summed E-state index contributed by atoms with van der Waals surface area (Å²) >= 11 is 0.